The summed E-state index contributed by atoms with van der Waals surface area (Å²) in [5.41, 5.74) is 2.05. The summed E-state index contributed by atoms with van der Waals surface area (Å²) in [6.07, 6.45) is 3.65. The van der Waals surface area contributed by atoms with Crippen LogP contribution >= 0.6 is 0 Å². The Bertz CT molecular complexity index is 811. The Hall–Kier alpha value is -2.49. The zero-order chi connectivity index (χ0) is 20.9. The predicted molar refractivity (Wildman–Crippen MR) is 116 cm³/mol. The highest BCUT2D eigenvalue weighted by molar-refractivity contribution is 5.81. The van der Waals surface area contributed by atoms with Crippen LogP contribution in [0, 0.1) is 0 Å². The summed E-state index contributed by atoms with van der Waals surface area (Å²) in [4.78, 5) is 13.1. The molecule has 2 atom stereocenters. The van der Waals surface area contributed by atoms with E-state index in [9.17, 15) is 4.79 Å². The number of ether oxygens (including phenoxy) is 2. The molecule has 4 heteroatoms. The second-order valence-corrected chi connectivity index (χ2v) is 7.81. The molecule has 4 nitrogen and oxygen atoms in total. The monoisotopic (exact) mass is 395 g/mol. The molecule has 0 fully saturated rings. The number of rotatable bonds is 8. The van der Waals surface area contributed by atoms with Gasteiger partial charge in [0.25, 0.3) is 5.91 Å². The molecule has 0 radical (unpaired) electrons. The second kappa shape index (κ2) is 9.34. The van der Waals surface area contributed by atoms with E-state index in [0.717, 1.165) is 42.7 Å². The van der Waals surface area contributed by atoms with Crippen molar-refractivity contribution in [2.75, 3.05) is 0 Å². The van der Waals surface area contributed by atoms with Crippen molar-refractivity contribution in [3.05, 3.63) is 59.7 Å². The van der Waals surface area contributed by atoms with E-state index in [4.69, 9.17) is 9.47 Å². The van der Waals surface area contributed by atoms with Gasteiger partial charge >= 0.3 is 0 Å². The number of nitrogens with one attached hydrogen (secondary N) is 1. The van der Waals surface area contributed by atoms with Crippen molar-refractivity contribution >= 4 is 5.91 Å². The molecule has 0 aromatic heterocycles. The van der Waals surface area contributed by atoms with E-state index in [1.165, 1.54) is 5.56 Å². The number of fused-ring (bicyclic) bond motifs is 1. The summed E-state index contributed by atoms with van der Waals surface area (Å²) in [5, 5.41) is 3.25. The summed E-state index contributed by atoms with van der Waals surface area (Å²) < 4.78 is 12.4. The first-order valence-corrected chi connectivity index (χ1v) is 10.9. The summed E-state index contributed by atoms with van der Waals surface area (Å²) in [6, 6.07) is 15.9. The standard InChI is InChI=1S/C25H33NO3/c1-5-18-13-15-19(16-14-18)28-22(6-2)24(27)26-21-17-25(7-3,8-4)29-23-12-10-9-11-20(21)23/h9-16,21-22H,5-8,17H2,1-4H3,(H,26,27)/t21-,22-/m0/s1. The number of hydrogen-bond acceptors (Lipinski definition) is 3. The van der Waals surface area contributed by atoms with Crippen LogP contribution in [0.4, 0.5) is 0 Å². The van der Waals surface area contributed by atoms with Gasteiger partial charge in [0.2, 0.25) is 0 Å². The summed E-state index contributed by atoms with van der Waals surface area (Å²) >= 11 is 0. The molecule has 0 aliphatic carbocycles. The number of carbonyl (C=O) groups is 1. The van der Waals surface area contributed by atoms with Crippen LogP contribution in [-0.2, 0) is 11.2 Å². The van der Waals surface area contributed by atoms with Gasteiger partial charge in [-0.2, -0.15) is 0 Å². The molecule has 3 rings (SSSR count). The lowest BCUT2D eigenvalue weighted by molar-refractivity contribution is -0.129. The lowest BCUT2D eigenvalue weighted by Crippen LogP contribution is -2.47. The largest absolute Gasteiger partial charge is 0.487 e. The van der Waals surface area contributed by atoms with Crippen molar-refractivity contribution in [1.29, 1.82) is 0 Å². The summed E-state index contributed by atoms with van der Waals surface area (Å²) in [7, 11) is 0. The third-order valence-corrected chi connectivity index (χ3v) is 6.08. The predicted octanol–water partition coefficient (Wildman–Crippen LogP) is 5.61. The lowest BCUT2D eigenvalue weighted by atomic mass is 9.83. The Morgan fingerprint density at radius 3 is 2.41 bits per heavy atom. The maximum Gasteiger partial charge on any atom is 0.261 e. The van der Waals surface area contributed by atoms with Crippen LogP contribution < -0.4 is 14.8 Å². The fourth-order valence-electron chi connectivity index (χ4n) is 3.98. The molecule has 0 saturated heterocycles. The first-order valence-electron chi connectivity index (χ1n) is 10.9. The summed E-state index contributed by atoms with van der Waals surface area (Å²) in [6.45, 7) is 8.39. The van der Waals surface area contributed by atoms with E-state index in [-0.39, 0.29) is 17.6 Å². The van der Waals surface area contributed by atoms with Crippen LogP contribution in [-0.4, -0.2) is 17.6 Å². The highest BCUT2D eigenvalue weighted by Gasteiger charge is 2.39. The van der Waals surface area contributed by atoms with E-state index in [1.807, 2.05) is 55.5 Å². The number of aryl methyl sites for hydroxylation is 1. The van der Waals surface area contributed by atoms with Gasteiger partial charge in [-0.25, -0.2) is 0 Å². The molecule has 0 spiro atoms. The molecule has 0 bridgehead atoms. The Labute approximate surface area is 174 Å². The molecule has 2 aromatic carbocycles. The molecular formula is C25H33NO3. The molecule has 1 aliphatic rings. The normalized spacial score (nSPS) is 18.3. The van der Waals surface area contributed by atoms with Gasteiger partial charge < -0.3 is 14.8 Å². The minimum Gasteiger partial charge on any atom is -0.487 e. The Kier molecular flexibility index (Phi) is 6.83. The molecule has 1 heterocycles. The van der Waals surface area contributed by atoms with Crippen LogP contribution in [0.5, 0.6) is 11.5 Å². The zero-order valence-corrected chi connectivity index (χ0v) is 18.0. The molecule has 156 valence electrons. The van der Waals surface area contributed by atoms with Gasteiger partial charge in [0.05, 0.1) is 6.04 Å². The SMILES string of the molecule is CCc1ccc(O[C@@H](CC)C(=O)N[C@H]2CC(CC)(CC)Oc3ccccc32)cc1. The highest BCUT2D eigenvalue weighted by Crippen LogP contribution is 2.42. The van der Waals surface area contributed by atoms with Gasteiger partial charge in [-0.05, 0) is 49.4 Å². The third-order valence-electron chi connectivity index (χ3n) is 6.08. The molecule has 1 N–H and O–H groups in total. The average Bonchev–Trinajstić information content (AvgIpc) is 2.77. The number of carbonyl (C=O) groups excluding carboxylic acids is 1. The first kappa shape index (κ1) is 21.2. The molecular weight excluding hydrogens is 362 g/mol. The van der Waals surface area contributed by atoms with Gasteiger partial charge in [-0.15, -0.1) is 0 Å². The molecule has 2 aromatic rings. The molecule has 1 amide bonds. The maximum atomic E-state index is 13.1. The van der Waals surface area contributed by atoms with Gasteiger partial charge in [0.15, 0.2) is 6.10 Å². The second-order valence-electron chi connectivity index (χ2n) is 7.81. The minimum absolute atomic E-state index is 0.0742. The fourth-order valence-corrected chi connectivity index (χ4v) is 3.98. The summed E-state index contributed by atoms with van der Waals surface area (Å²) in [5.74, 6) is 1.53. The van der Waals surface area contributed by atoms with Gasteiger partial charge in [-0.1, -0.05) is 58.0 Å². The molecule has 29 heavy (non-hydrogen) atoms. The van der Waals surface area contributed by atoms with Crippen molar-refractivity contribution in [3.63, 3.8) is 0 Å². The van der Waals surface area contributed by atoms with Crippen molar-refractivity contribution in [1.82, 2.24) is 5.32 Å². The Morgan fingerprint density at radius 2 is 1.79 bits per heavy atom. The van der Waals surface area contributed by atoms with E-state index < -0.39 is 6.10 Å². The van der Waals surface area contributed by atoms with E-state index in [1.54, 1.807) is 0 Å². The van der Waals surface area contributed by atoms with Crippen LogP contribution in [0.3, 0.4) is 0 Å². The van der Waals surface area contributed by atoms with Crippen LogP contribution in [0.1, 0.15) is 70.5 Å². The van der Waals surface area contributed by atoms with E-state index in [0.29, 0.717) is 6.42 Å². The van der Waals surface area contributed by atoms with E-state index in [2.05, 4.69) is 26.1 Å². The van der Waals surface area contributed by atoms with Crippen molar-refractivity contribution in [2.24, 2.45) is 0 Å². The molecule has 0 saturated carbocycles. The van der Waals surface area contributed by atoms with E-state index >= 15 is 0 Å². The van der Waals surface area contributed by atoms with Gasteiger partial charge in [0.1, 0.15) is 17.1 Å². The third kappa shape index (κ3) is 4.75. The first-order chi connectivity index (χ1) is 14.0. The number of para-hydroxylation sites is 1. The van der Waals surface area contributed by atoms with Crippen molar-refractivity contribution < 1.29 is 14.3 Å². The van der Waals surface area contributed by atoms with Crippen LogP contribution in [0.2, 0.25) is 0 Å². The Balaban J connectivity index is 1.76. The smallest absolute Gasteiger partial charge is 0.261 e. The van der Waals surface area contributed by atoms with Crippen LogP contribution in [0.15, 0.2) is 48.5 Å². The van der Waals surface area contributed by atoms with Gasteiger partial charge in [0, 0.05) is 12.0 Å². The lowest BCUT2D eigenvalue weighted by Gasteiger charge is -2.42. The average molecular weight is 396 g/mol. The number of amides is 1. The maximum absolute atomic E-state index is 13.1. The fraction of sp³-hybridized carbons (Fsp3) is 0.480. The molecule has 1 aliphatic heterocycles. The topological polar surface area (TPSA) is 47.6 Å². The van der Waals surface area contributed by atoms with Crippen LogP contribution in [0.25, 0.3) is 0 Å². The quantitative estimate of drug-likeness (QED) is 0.632. The number of benzene rings is 2. The van der Waals surface area contributed by atoms with Gasteiger partial charge in [-0.3, -0.25) is 4.79 Å². The highest BCUT2D eigenvalue weighted by atomic mass is 16.5. The molecule has 0 unspecified atom stereocenters. The van der Waals surface area contributed by atoms with Crippen molar-refractivity contribution in [2.45, 2.75) is 77.5 Å². The Morgan fingerprint density at radius 1 is 1.10 bits per heavy atom. The minimum atomic E-state index is -0.518. The zero-order valence-electron chi connectivity index (χ0n) is 18.0. The van der Waals surface area contributed by atoms with Crippen molar-refractivity contribution in [3.8, 4) is 11.5 Å². The number of hydrogen-bond donors (Lipinski definition) is 1.